The normalized spacial score (nSPS) is 26.1. The highest BCUT2D eigenvalue weighted by molar-refractivity contribution is 7.98. The van der Waals surface area contributed by atoms with Crippen LogP contribution in [-0.4, -0.2) is 86.1 Å². The number of unbranched alkanes of at least 4 members (excludes halogenated alkanes) is 2. The first-order chi connectivity index (χ1) is 23.8. The number of allylic oxidation sites excluding steroid dienone is 1. The number of rotatable bonds is 16. The summed E-state index contributed by atoms with van der Waals surface area (Å²) in [5.41, 5.74) is 2.69. The minimum atomic E-state index is -1.31. The van der Waals surface area contributed by atoms with Crippen molar-refractivity contribution < 1.29 is 38.8 Å². The molecule has 2 aliphatic carbocycles. The minimum Gasteiger partial charge on any atom is -0.459 e. The summed E-state index contributed by atoms with van der Waals surface area (Å²) in [5, 5.41) is 24.0. The molecule has 266 valence electrons. The van der Waals surface area contributed by atoms with Crippen LogP contribution in [0, 0.1) is 17.8 Å². The number of aliphatic hydroxyl groups is 2. The van der Waals surface area contributed by atoms with Gasteiger partial charge in [-0.1, -0.05) is 30.1 Å². The number of carbonyl (C=O) groups excluding carboxylic acids is 1. The predicted molar refractivity (Wildman–Crippen MR) is 190 cm³/mol. The van der Waals surface area contributed by atoms with E-state index in [4.69, 9.17) is 23.8 Å². The molecule has 0 radical (unpaired) electrons. The van der Waals surface area contributed by atoms with Gasteiger partial charge in [0.25, 0.3) is 0 Å². The van der Waals surface area contributed by atoms with Crippen LogP contribution in [0.25, 0.3) is 0 Å². The van der Waals surface area contributed by atoms with Crippen LogP contribution in [0.1, 0.15) is 56.4 Å². The second-order valence-electron chi connectivity index (χ2n) is 12.8. The molecule has 1 amide bonds. The van der Waals surface area contributed by atoms with Gasteiger partial charge in [-0.2, -0.15) is 0 Å². The maximum Gasteiger partial charge on any atom is 0.409 e. The van der Waals surface area contributed by atoms with Crippen molar-refractivity contribution in [3.05, 3.63) is 72.3 Å². The number of likely N-dealkylation sites (N-methyl/N-ethyl adjacent to an activating group) is 1. The lowest BCUT2D eigenvalue weighted by molar-refractivity contribution is -0.253. The summed E-state index contributed by atoms with van der Waals surface area (Å²) in [6.45, 7) is 4.38. The summed E-state index contributed by atoms with van der Waals surface area (Å²) >= 11 is 1.68. The predicted octanol–water partition coefficient (Wildman–Crippen LogP) is 7.16. The zero-order chi connectivity index (χ0) is 35.0. The fraction of sp³-hybridized carbons (Fsp3) is 0.526. The average Bonchev–Trinajstić information content (AvgIpc) is 3.12. The third-order valence-electron chi connectivity index (χ3n) is 10.1. The maximum atomic E-state index is 13.2. The number of oxime groups is 1. The van der Waals surface area contributed by atoms with Crippen molar-refractivity contribution in [2.24, 2.45) is 22.9 Å². The molecule has 1 aliphatic heterocycles. The number of aliphatic hydroxyl groups excluding tert-OH is 2. The van der Waals surface area contributed by atoms with Crippen molar-refractivity contribution in [2.45, 2.75) is 67.6 Å². The molecule has 0 bridgehead atoms. The molecule has 1 heterocycles. The van der Waals surface area contributed by atoms with Crippen molar-refractivity contribution >= 4 is 23.6 Å². The average molecular weight is 695 g/mol. The zero-order valence-electron chi connectivity index (χ0n) is 29.0. The van der Waals surface area contributed by atoms with E-state index >= 15 is 0 Å². The molecular formula is C38H50N2O8S. The molecule has 2 aromatic carbocycles. The summed E-state index contributed by atoms with van der Waals surface area (Å²) in [4.78, 5) is 21.3. The first-order valence-corrected chi connectivity index (χ1v) is 18.3. The van der Waals surface area contributed by atoms with Gasteiger partial charge in [0.05, 0.1) is 25.3 Å². The lowest BCUT2D eigenvalue weighted by atomic mass is 9.55. The van der Waals surface area contributed by atoms with Crippen molar-refractivity contribution in [3.8, 4) is 17.2 Å². The Labute approximate surface area is 294 Å². The summed E-state index contributed by atoms with van der Waals surface area (Å²) in [5.74, 6) is 0.512. The van der Waals surface area contributed by atoms with E-state index in [1.807, 2.05) is 42.7 Å². The Morgan fingerprint density at radius 3 is 2.45 bits per heavy atom. The Morgan fingerprint density at radius 1 is 1.08 bits per heavy atom. The Morgan fingerprint density at radius 2 is 1.80 bits per heavy atom. The first-order valence-electron chi connectivity index (χ1n) is 17.1. The molecule has 6 atom stereocenters. The summed E-state index contributed by atoms with van der Waals surface area (Å²) in [7, 11) is 4.58. The van der Waals surface area contributed by atoms with Crippen molar-refractivity contribution in [2.75, 3.05) is 47.3 Å². The molecular weight excluding hydrogens is 644 g/mol. The lowest BCUT2D eigenvalue weighted by Crippen LogP contribution is -2.69. The standard InChI is InChI=1S/C38H50N2O8S/c1-6-21-46-38-34(40(2)37(43)44-3)24-32(39-45-4)30-22-25(11-7-9-19-41)29(12-8-10-20-42)35(36(30)38)31-23-27(15-18-33(31)48-38)47-26-13-16-28(49-5)17-14-26/h6,13-18,22-23,25,29,34-36,41-42H,1,7-12,19-21,24H2,2-5H3/t25-,29+,34-,35+,36+,38+/m0/s1. The van der Waals surface area contributed by atoms with Gasteiger partial charge in [0.15, 0.2) is 0 Å². The molecule has 2 aromatic rings. The molecule has 0 aromatic heterocycles. The molecule has 1 saturated carbocycles. The molecule has 0 unspecified atom stereocenters. The van der Waals surface area contributed by atoms with Gasteiger partial charge >= 0.3 is 6.09 Å². The molecule has 49 heavy (non-hydrogen) atoms. The maximum absolute atomic E-state index is 13.2. The van der Waals surface area contributed by atoms with Gasteiger partial charge in [-0.15, -0.1) is 18.3 Å². The van der Waals surface area contributed by atoms with Gasteiger partial charge in [0.1, 0.15) is 30.4 Å². The molecule has 1 fully saturated rings. The number of amides is 1. The van der Waals surface area contributed by atoms with E-state index in [2.05, 4.69) is 23.9 Å². The molecule has 0 spiro atoms. The fourth-order valence-corrected chi connectivity index (χ4v) is 8.36. The lowest BCUT2D eigenvalue weighted by Gasteiger charge is -2.59. The van der Waals surface area contributed by atoms with Crippen LogP contribution in [0.3, 0.4) is 0 Å². The zero-order valence-corrected chi connectivity index (χ0v) is 29.8. The quantitative estimate of drug-likeness (QED) is 0.0817. The fourth-order valence-electron chi connectivity index (χ4n) is 7.95. The van der Waals surface area contributed by atoms with Crippen molar-refractivity contribution in [1.82, 2.24) is 4.90 Å². The number of ether oxygens (including phenoxy) is 4. The van der Waals surface area contributed by atoms with E-state index in [0.717, 1.165) is 53.2 Å². The molecule has 5 rings (SSSR count). The number of benzene rings is 2. The van der Waals surface area contributed by atoms with E-state index < -0.39 is 17.9 Å². The number of thioether (sulfide) groups is 1. The van der Waals surface area contributed by atoms with Crippen LogP contribution >= 0.6 is 11.8 Å². The van der Waals surface area contributed by atoms with Gasteiger partial charge in [0, 0.05) is 43.1 Å². The van der Waals surface area contributed by atoms with E-state index in [1.165, 1.54) is 19.1 Å². The minimum absolute atomic E-state index is 0.118. The Kier molecular flexibility index (Phi) is 12.7. The number of nitrogens with zero attached hydrogens (tertiary/aromatic N) is 2. The van der Waals surface area contributed by atoms with Gasteiger partial charge in [-0.05, 0) is 91.8 Å². The number of fused-ring (bicyclic) bond motifs is 2. The highest BCUT2D eigenvalue weighted by Gasteiger charge is 2.65. The van der Waals surface area contributed by atoms with E-state index in [0.29, 0.717) is 30.8 Å². The van der Waals surface area contributed by atoms with Crippen LogP contribution in [0.4, 0.5) is 4.79 Å². The molecule has 3 aliphatic rings. The van der Waals surface area contributed by atoms with E-state index in [1.54, 1.807) is 24.9 Å². The molecule has 2 N–H and O–H groups in total. The number of hydrogen-bond donors (Lipinski definition) is 2. The van der Waals surface area contributed by atoms with Crippen LogP contribution in [0.15, 0.2) is 76.8 Å². The monoisotopic (exact) mass is 694 g/mol. The molecule has 11 heteroatoms. The topological polar surface area (TPSA) is 119 Å². The highest BCUT2D eigenvalue weighted by atomic mass is 32.2. The Balaban J connectivity index is 1.73. The second kappa shape index (κ2) is 16.9. The Hall–Kier alpha value is -3.51. The third kappa shape index (κ3) is 7.65. The van der Waals surface area contributed by atoms with Crippen molar-refractivity contribution in [3.63, 3.8) is 0 Å². The number of methoxy groups -OCH3 is 1. The van der Waals surface area contributed by atoms with Gasteiger partial charge in [0.2, 0.25) is 5.79 Å². The molecule has 0 saturated heterocycles. The van der Waals surface area contributed by atoms with Crippen LogP contribution in [0.5, 0.6) is 17.2 Å². The summed E-state index contributed by atoms with van der Waals surface area (Å²) in [6.07, 6.45) is 10.7. The second-order valence-corrected chi connectivity index (χ2v) is 13.7. The summed E-state index contributed by atoms with van der Waals surface area (Å²) in [6, 6.07) is 13.3. The van der Waals surface area contributed by atoms with Crippen molar-refractivity contribution in [1.29, 1.82) is 0 Å². The highest BCUT2D eigenvalue weighted by Crippen LogP contribution is 2.61. The van der Waals surface area contributed by atoms with Gasteiger partial charge in [-0.3, -0.25) is 0 Å². The first kappa shape index (κ1) is 36.8. The SMILES string of the molecule is C=CCO[C@@]12Oc3ccc(Oc4ccc(SC)cc4)cc3[C@H]3[C@H](CCCCO)[C@@H](CCCCO)C=C(C(=NOC)C[C@@H]1N(C)C(=O)OC)[C@H]32. The van der Waals surface area contributed by atoms with E-state index in [9.17, 15) is 15.0 Å². The van der Waals surface area contributed by atoms with Crippen LogP contribution in [-0.2, 0) is 14.3 Å². The number of carbonyl (C=O) groups is 1. The van der Waals surface area contributed by atoms with Crippen LogP contribution in [0.2, 0.25) is 0 Å². The van der Waals surface area contributed by atoms with Gasteiger partial charge in [-0.25, -0.2) is 4.79 Å². The number of hydrogen-bond acceptors (Lipinski definition) is 10. The Bertz CT molecular complexity index is 1500. The largest absolute Gasteiger partial charge is 0.459 e. The summed E-state index contributed by atoms with van der Waals surface area (Å²) < 4.78 is 25.5. The van der Waals surface area contributed by atoms with Gasteiger partial charge < -0.3 is 38.9 Å². The molecule has 10 nitrogen and oxygen atoms in total. The van der Waals surface area contributed by atoms with Crippen LogP contribution < -0.4 is 9.47 Å². The smallest absolute Gasteiger partial charge is 0.409 e. The third-order valence-corrected chi connectivity index (χ3v) is 10.8. The van der Waals surface area contributed by atoms with E-state index in [-0.39, 0.29) is 43.5 Å².